The van der Waals surface area contributed by atoms with Gasteiger partial charge >= 0.3 is 5.97 Å². The fraction of sp³-hybridized carbons (Fsp3) is 0.0909. The average Bonchev–Trinajstić information content (AvgIpc) is 3.12. The Morgan fingerprint density at radius 1 is 1.14 bits per heavy atom. The van der Waals surface area contributed by atoms with Gasteiger partial charge in [-0.05, 0) is 47.2 Å². The molecule has 0 spiro atoms. The minimum absolute atomic E-state index is 0.0578. The molecule has 0 unspecified atom stereocenters. The maximum Gasteiger partial charge on any atom is 0.337 e. The Hall–Kier alpha value is -3.09. The third kappa shape index (κ3) is 3.77. The number of aromatic carboxylic acids is 1. The van der Waals surface area contributed by atoms with Crippen LogP contribution in [0, 0.1) is 6.92 Å². The SMILES string of the molecule is Cc1cccc2nc(C(=O)Cc3csc(-c4ccc(Cl)cc4)c3C(=O)O)cnc12. The van der Waals surface area contributed by atoms with Gasteiger partial charge in [-0.15, -0.1) is 11.3 Å². The third-order valence-corrected chi connectivity index (χ3v) is 5.93. The highest BCUT2D eigenvalue weighted by molar-refractivity contribution is 7.14. The number of carboxylic acids is 1. The Morgan fingerprint density at radius 3 is 2.62 bits per heavy atom. The number of fused-ring (bicyclic) bond motifs is 1. The lowest BCUT2D eigenvalue weighted by Gasteiger charge is -2.05. The normalized spacial score (nSPS) is 11.0. The molecule has 0 amide bonds. The minimum Gasteiger partial charge on any atom is -0.478 e. The zero-order valence-electron chi connectivity index (χ0n) is 15.3. The summed E-state index contributed by atoms with van der Waals surface area (Å²) in [7, 11) is 0. The Morgan fingerprint density at radius 2 is 1.90 bits per heavy atom. The van der Waals surface area contributed by atoms with Gasteiger partial charge in [-0.3, -0.25) is 9.78 Å². The molecule has 2 aromatic carbocycles. The van der Waals surface area contributed by atoms with Crippen LogP contribution in [0.1, 0.15) is 32.0 Å². The van der Waals surface area contributed by atoms with Gasteiger partial charge in [0.05, 0.1) is 22.8 Å². The molecular weight excluding hydrogens is 408 g/mol. The van der Waals surface area contributed by atoms with Crippen LogP contribution in [0.5, 0.6) is 0 Å². The maximum atomic E-state index is 12.8. The minimum atomic E-state index is -1.07. The number of thiophene rings is 1. The van der Waals surface area contributed by atoms with Gasteiger partial charge in [0, 0.05) is 16.3 Å². The second-order valence-corrected chi connectivity index (χ2v) is 7.89. The van der Waals surface area contributed by atoms with E-state index in [-0.39, 0.29) is 23.5 Å². The molecule has 7 heteroatoms. The summed E-state index contributed by atoms with van der Waals surface area (Å²) in [5, 5.41) is 12.0. The van der Waals surface area contributed by atoms with Gasteiger partial charge in [-0.1, -0.05) is 35.9 Å². The fourth-order valence-corrected chi connectivity index (χ4v) is 4.35. The molecule has 0 atom stereocenters. The number of hydrogen-bond acceptors (Lipinski definition) is 5. The van der Waals surface area contributed by atoms with E-state index in [0.717, 1.165) is 16.6 Å². The van der Waals surface area contributed by atoms with E-state index >= 15 is 0 Å². The van der Waals surface area contributed by atoms with Gasteiger partial charge in [-0.25, -0.2) is 9.78 Å². The van der Waals surface area contributed by atoms with Crippen LogP contribution < -0.4 is 0 Å². The first-order valence-corrected chi connectivity index (χ1v) is 10.0. The molecule has 144 valence electrons. The number of nitrogens with zero attached hydrogens (tertiary/aromatic N) is 2. The highest BCUT2D eigenvalue weighted by Gasteiger charge is 2.22. The Balaban J connectivity index is 1.68. The van der Waals surface area contributed by atoms with E-state index in [1.807, 2.05) is 19.1 Å². The van der Waals surface area contributed by atoms with Gasteiger partial charge in [0.15, 0.2) is 5.78 Å². The summed E-state index contributed by atoms with van der Waals surface area (Å²) >= 11 is 7.22. The number of carbonyl (C=O) groups excluding carboxylic acids is 1. The molecule has 0 aliphatic carbocycles. The molecule has 0 radical (unpaired) electrons. The molecule has 0 saturated carbocycles. The molecule has 1 N–H and O–H groups in total. The van der Waals surface area contributed by atoms with Crippen molar-refractivity contribution in [1.82, 2.24) is 9.97 Å². The number of halogens is 1. The molecule has 29 heavy (non-hydrogen) atoms. The molecule has 0 fully saturated rings. The number of carbonyl (C=O) groups is 2. The van der Waals surface area contributed by atoms with Gasteiger partial charge < -0.3 is 5.11 Å². The molecule has 4 rings (SSSR count). The van der Waals surface area contributed by atoms with E-state index in [1.54, 1.807) is 35.7 Å². The van der Waals surface area contributed by atoms with Gasteiger partial charge in [-0.2, -0.15) is 0 Å². The summed E-state index contributed by atoms with van der Waals surface area (Å²) < 4.78 is 0. The summed E-state index contributed by atoms with van der Waals surface area (Å²) in [6.45, 7) is 1.93. The van der Waals surface area contributed by atoms with E-state index in [1.165, 1.54) is 17.5 Å². The van der Waals surface area contributed by atoms with Crippen molar-refractivity contribution in [1.29, 1.82) is 0 Å². The third-order valence-electron chi connectivity index (χ3n) is 4.60. The van der Waals surface area contributed by atoms with Crippen LogP contribution in [0.4, 0.5) is 0 Å². The largest absolute Gasteiger partial charge is 0.478 e. The first-order chi connectivity index (χ1) is 13.9. The van der Waals surface area contributed by atoms with Crippen molar-refractivity contribution < 1.29 is 14.7 Å². The van der Waals surface area contributed by atoms with Crippen LogP contribution in [0.3, 0.4) is 0 Å². The highest BCUT2D eigenvalue weighted by atomic mass is 35.5. The first kappa shape index (κ1) is 19.2. The molecule has 0 bridgehead atoms. The monoisotopic (exact) mass is 422 g/mol. The van der Waals surface area contributed by atoms with Crippen LogP contribution in [-0.2, 0) is 6.42 Å². The van der Waals surface area contributed by atoms with Crippen molar-refractivity contribution in [3.63, 3.8) is 0 Å². The van der Waals surface area contributed by atoms with Crippen molar-refractivity contribution in [3.8, 4) is 10.4 Å². The van der Waals surface area contributed by atoms with Crippen LogP contribution in [0.25, 0.3) is 21.5 Å². The molecule has 2 heterocycles. The lowest BCUT2D eigenvalue weighted by Crippen LogP contribution is -2.10. The number of hydrogen-bond donors (Lipinski definition) is 1. The molecule has 2 aromatic heterocycles. The van der Waals surface area contributed by atoms with Gasteiger partial charge in [0.1, 0.15) is 5.69 Å². The number of rotatable bonds is 5. The molecule has 0 aliphatic heterocycles. The lowest BCUT2D eigenvalue weighted by molar-refractivity contribution is 0.0697. The van der Waals surface area contributed by atoms with Gasteiger partial charge in [0.25, 0.3) is 0 Å². The van der Waals surface area contributed by atoms with E-state index in [9.17, 15) is 14.7 Å². The van der Waals surface area contributed by atoms with E-state index < -0.39 is 5.97 Å². The molecule has 4 aromatic rings. The standard InChI is InChI=1S/C22H15ClN2O3S/c1-12-3-2-4-16-20(12)24-10-17(25-16)18(26)9-14-11-29-21(19(14)22(27)28)13-5-7-15(23)8-6-13/h2-8,10-11H,9H2,1H3,(H,27,28). The summed E-state index contributed by atoms with van der Waals surface area (Å²) in [5.41, 5.74) is 3.93. The Bertz CT molecular complexity index is 1250. The number of ketones is 1. The number of Topliss-reactive ketones (excluding diaryl/α,β-unsaturated/α-hetero) is 1. The van der Waals surface area contributed by atoms with Crippen molar-refractivity contribution in [2.75, 3.05) is 0 Å². The van der Waals surface area contributed by atoms with Gasteiger partial charge in [0.2, 0.25) is 0 Å². The summed E-state index contributed by atoms with van der Waals surface area (Å²) in [6, 6.07) is 12.5. The summed E-state index contributed by atoms with van der Waals surface area (Å²) in [6.07, 6.45) is 1.39. The molecule has 0 aliphatic rings. The Labute approximate surface area is 175 Å². The van der Waals surface area contributed by atoms with E-state index in [4.69, 9.17) is 11.6 Å². The van der Waals surface area contributed by atoms with Crippen molar-refractivity contribution >= 4 is 45.7 Å². The fourth-order valence-electron chi connectivity index (χ4n) is 3.16. The number of aryl methyl sites for hydroxylation is 1. The van der Waals surface area contributed by atoms with Crippen LogP contribution in [0.2, 0.25) is 5.02 Å². The lowest BCUT2D eigenvalue weighted by atomic mass is 10.0. The van der Waals surface area contributed by atoms with Crippen LogP contribution in [-0.4, -0.2) is 26.8 Å². The van der Waals surface area contributed by atoms with Crippen molar-refractivity contribution in [2.45, 2.75) is 13.3 Å². The smallest absolute Gasteiger partial charge is 0.337 e. The number of aromatic nitrogens is 2. The number of benzene rings is 2. The quantitative estimate of drug-likeness (QED) is 0.433. The second kappa shape index (κ2) is 7.73. The van der Waals surface area contributed by atoms with Crippen LogP contribution >= 0.6 is 22.9 Å². The van der Waals surface area contributed by atoms with E-state index in [2.05, 4.69) is 9.97 Å². The second-order valence-electron chi connectivity index (χ2n) is 6.57. The van der Waals surface area contributed by atoms with Crippen molar-refractivity contribution in [2.24, 2.45) is 0 Å². The average molecular weight is 423 g/mol. The summed E-state index contributed by atoms with van der Waals surface area (Å²) in [4.78, 5) is 34.1. The topological polar surface area (TPSA) is 80.2 Å². The predicted octanol–water partition coefficient (Wildman–Crippen LogP) is 5.44. The van der Waals surface area contributed by atoms with Crippen molar-refractivity contribution in [3.05, 3.63) is 81.4 Å². The summed E-state index contributed by atoms with van der Waals surface area (Å²) in [5.74, 6) is -1.34. The molecule has 0 saturated heterocycles. The highest BCUT2D eigenvalue weighted by Crippen LogP contribution is 2.34. The zero-order chi connectivity index (χ0) is 20.5. The van der Waals surface area contributed by atoms with E-state index in [0.29, 0.717) is 21.0 Å². The number of carboxylic acid groups (broad SMARTS) is 1. The first-order valence-electron chi connectivity index (χ1n) is 8.79. The maximum absolute atomic E-state index is 12.8. The van der Waals surface area contributed by atoms with Crippen LogP contribution in [0.15, 0.2) is 54.0 Å². The molecular formula is C22H15ClN2O3S. The Kier molecular flexibility index (Phi) is 5.13. The zero-order valence-corrected chi connectivity index (χ0v) is 16.9. The predicted molar refractivity (Wildman–Crippen MR) is 114 cm³/mol. The number of para-hydroxylation sites is 1. The molecule has 5 nitrogen and oxygen atoms in total.